The van der Waals surface area contributed by atoms with Crippen molar-refractivity contribution in [2.75, 3.05) is 6.61 Å². The van der Waals surface area contributed by atoms with Gasteiger partial charge < -0.3 is 20.4 Å². The van der Waals surface area contributed by atoms with E-state index < -0.39 is 0 Å². The molecule has 1 aromatic heterocycles. The fraction of sp³-hybridized carbons (Fsp3) is 0.235. The number of H-pyrrole nitrogens is 2. The lowest BCUT2D eigenvalue weighted by atomic mass is 10.0. The first-order valence-corrected chi connectivity index (χ1v) is 7.79. The first kappa shape index (κ1) is 15.8. The minimum atomic E-state index is -0.216. The zero-order valence-corrected chi connectivity index (χ0v) is 13.4. The van der Waals surface area contributed by atoms with Crippen LogP contribution in [0.1, 0.15) is 30.1 Å². The summed E-state index contributed by atoms with van der Waals surface area (Å²) in [6.45, 7) is 2.00. The number of aliphatic hydroxyl groups is 1. The third-order valence-electron chi connectivity index (χ3n) is 3.95. The molecule has 120 valence electrons. The quantitative estimate of drug-likeness (QED) is 0.580. The van der Waals surface area contributed by atoms with Crippen LogP contribution in [-0.2, 0) is 0 Å². The van der Waals surface area contributed by atoms with E-state index in [1.165, 1.54) is 0 Å². The van der Waals surface area contributed by atoms with Crippen molar-refractivity contribution in [1.29, 1.82) is 0 Å². The second-order valence-electron chi connectivity index (χ2n) is 5.56. The lowest BCUT2D eigenvalue weighted by Crippen LogP contribution is -2.27. The van der Waals surface area contributed by atoms with Gasteiger partial charge in [-0.15, -0.1) is 0 Å². The van der Waals surface area contributed by atoms with Gasteiger partial charge in [-0.05, 0) is 42.3 Å². The summed E-state index contributed by atoms with van der Waals surface area (Å²) < 4.78 is 0. The number of imidazole rings is 1. The molecule has 0 bridgehead atoms. The highest BCUT2D eigenvalue weighted by atomic mass is 35.5. The van der Waals surface area contributed by atoms with E-state index in [4.69, 9.17) is 11.6 Å². The Morgan fingerprint density at radius 1 is 1.09 bits per heavy atom. The predicted octanol–water partition coefficient (Wildman–Crippen LogP) is 2.89. The van der Waals surface area contributed by atoms with Gasteiger partial charge in [0, 0.05) is 11.1 Å². The van der Waals surface area contributed by atoms with Gasteiger partial charge in [0.15, 0.2) is 0 Å². The largest absolute Gasteiger partial charge is 0.394 e. The van der Waals surface area contributed by atoms with Gasteiger partial charge in [0.2, 0.25) is 0 Å². The molecule has 0 saturated heterocycles. The molecule has 5 nitrogen and oxygen atoms in total. The zero-order chi connectivity index (χ0) is 16.4. The number of aromatic amines is 2. The van der Waals surface area contributed by atoms with E-state index >= 15 is 0 Å². The maximum atomic E-state index is 11.3. The van der Waals surface area contributed by atoms with Crippen molar-refractivity contribution in [3.05, 3.63) is 69.1 Å². The SMILES string of the molecule is CC(NC(CO)c1ccc(Cl)cc1)c1ccc2[nH]c(=O)[nH]c2c1. The number of hydrogen-bond acceptors (Lipinski definition) is 3. The van der Waals surface area contributed by atoms with Gasteiger partial charge in [-0.25, -0.2) is 4.79 Å². The Bertz CT molecular complexity index is 854. The van der Waals surface area contributed by atoms with E-state index in [-0.39, 0.29) is 24.4 Å². The molecule has 0 saturated carbocycles. The number of benzene rings is 2. The summed E-state index contributed by atoms with van der Waals surface area (Å²) in [4.78, 5) is 16.8. The van der Waals surface area contributed by atoms with E-state index in [9.17, 15) is 9.90 Å². The van der Waals surface area contributed by atoms with Gasteiger partial charge in [0.25, 0.3) is 0 Å². The molecule has 2 atom stereocenters. The molecule has 0 spiro atoms. The molecule has 3 rings (SSSR count). The van der Waals surface area contributed by atoms with E-state index in [2.05, 4.69) is 15.3 Å². The molecule has 6 heteroatoms. The van der Waals surface area contributed by atoms with Crippen molar-refractivity contribution < 1.29 is 5.11 Å². The second-order valence-corrected chi connectivity index (χ2v) is 6.00. The van der Waals surface area contributed by atoms with Crippen molar-refractivity contribution in [3.8, 4) is 0 Å². The van der Waals surface area contributed by atoms with Gasteiger partial charge in [0.05, 0.1) is 23.7 Å². The molecule has 1 heterocycles. The highest BCUT2D eigenvalue weighted by molar-refractivity contribution is 6.30. The van der Waals surface area contributed by atoms with Crippen molar-refractivity contribution in [2.45, 2.75) is 19.0 Å². The molecule has 4 N–H and O–H groups in total. The third-order valence-corrected chi connectivity index (χ3v) is 4.20. The molecule has 2 aromatic carbocycles. The van der Waals surface area contributed by atoms with Crippen molar-refractivity contribution in [3.63, 3.8) is 0 Å². The minimum Gasteiger partial charge on any atom is -0.394 e. The van der Waals surface area contributed by atoms with E-state index in [0.717, 1.165) is 22.2 Å². The topological polar surface area (TPSA) is 80.9 Å². The number of nitrogens with one attached hydrogen (secondary N) is 3. The fourth-order valence-electron chi connectivity index (χ4n) is 2.67. The Balaban J connectivity index is 1.81. The number of fused-ring (bicyclic) bond motifs is 1. The Kier molecular flexibility index (Phi) is 4.52. The van der Waals surface area contributed by atoms with E-state index in [0.29, 0.717) is 5.02 Å². The number of halogens is 1. The van der Waals surface area contributed by atoms with Gasteiger partial charge in [-0.3, -0.25) is 0 Å². The molecule has 0 radical (unpaired) electrons. The third kappa shape index (κ3) is 3.47. The Labute approximate surface area is 138 Å². The molecular formula is C17H18ClN3O2. The minimum absolute atomic E-state index is 0.00521. The number of aromatic nitrogens is 2. The van der Waals surface area contributed by atoms with Gasteiger partial charge in [0.1, 0.15) is 0 Å². The normalized spacial score (nSPS) is 14.0. The highest BCUT2D eigenvalue weighted by Gasteiger charge is 2.15. The van der Waals surface area contributed by atoms with E-state index in [1.54, 1.807) is 0 Å². The van der Waals surface area contributed by atoms with E-state index in [1.807, 2.05) is 49.4 Å². The average molecular weight is 332 g/mol. The van der Waals surface area contributed by atoms with Crippen LogP contribution in [0.15, 0.2) is 47.3 Å². The van der Waals surface area contributed by atoms with Crippen LogP contribution in [0.4, 0.5) is 0 Å². The van der Waals surface area contributed by atoms with Gasteiger partial charge >= 0.3 is 5.69 Å². The summed E-state index contributed by atoms with van der Waals surface area (Å²) in [6, 6.07) is 13.0. The zero-order valence-electron chi connectivity index (χ0n) is 12.6. The molecule has 2 unspecified atom stereocenters. The number of rotatable bonds is 5. The van der Waals surface area contributed by atoms with Crippen LogP contribution in [0.2, 0.25) is 5.02 Å². The van der Waals surface area contributed by atoms with Crippen LogP contribution >= 0.6 is 11.6 Å². The van der Waals surface area contributed by atoms with Crippen LogP contribution in [0.5, 0.6) is 0 Å². The van der Waals surface area contributed by atoms with Crippen LogP contribution < -0.4 is 11.0 Å². The van der Waals surface area contributed by atoms with Gasteiger partial charge in [-0.2, -0.15) is 0 Å². The lowest BCUT2D eigenvalue weighted by molar-refractivity contribution is 0.235. The van der Waals surface area contributed by atoms with Crippen molar-refractivity contribution >= 4 is 22.6 Å². The van der Waals surface area contributed by atoms with Crippen LogP contribution in [-0.4, -0.2) is 21.7 Å². The summed E-state index contributed by atoms with van der Waals surface area (Å²) in [5.41, 5.74) is 3.34. The first-order valence-electron chi connectivity index (χ1n) is 7.41. The monoisotopic (exact) mass is 331 g/mol. The smallest absolute Gasteiger partial charge is 0.323 e. The highest BCUT2D eigenvalue weighted by Crippen LogP contribution is 2.22. The summed E-state index contributed by atoms with van der Waals surface area (Å²) in [6.07, 6.45) is 0. The summed E-state index contributed by atoms with van der Waals surface area (Å²) in [5.74, 6) is 0. The van der Waals surface area contributed by atoms with Gasteiger partial charge in [-0.1, -0.05) is 29.8 Å². The van der Waals surface area contributed by atoms with Crippen molar-refractivity contribution in [1.82, 2.24) is 15.3 Å². The predicted molar refractivity (Wildman–Crippen MR) is 91.7 cm³/mol. The molecule has 0 aliphatic rings. The molecule has 0 fully saturated rings. The lowest BCUT2D eigenvalue weighted by Gasteiger charge is -2.22. The standard InChI is InChI=1S/C17H18ClN3O2/c1-10(12-4-7-14-15(8-12)21-17(23)20-14)19-16(9-22)11-2-5-13(18)6-3-11/h2-8,10,16,19,22H,9H2,1H3,(H2,20,21,23). The molecule has 0 aliphatic heterocycles. The summed E-state index contributed by atoms with van der Waals surface area (Å²) >= 11 is 5.90. The van der Waals surface area contributed by atoms with Crippen LogP contribution in [0.25, 0.3) is 11.0 Å². The summed E-state index contributed by atoms with van der Waals surface area (Å²) in [5, 5.41) is 13.7. The average Bonchev–Trinajstić information content (AvgIpc) is 2.92. The fourth-order valence-corrected chi connectivity index (χ4v) is 2.79. The second kappa shape index (κ2) is 6.58. The van der Waals surface area contributed by atoms with Crippen LogP contribution in [0, 0.1) is 0 Å². The number of hydrogen-bond donors (Lipinski definition) is 4. The molecule has 0 amide bonds. The molecule has 0 aliphatic carbocycles. The maximum Gasteiger partial charge on any atom is 0.323 e. The first-order chi connectivity index (χ1) is 11.1. The van der Waals surface area contributed by atoms with Crippen LogP contribution in [0.3, 0.4) is 0 Å². The Hall–Kier alpha value is -2.08. The van der Waals surface area contributed by atoms with Crippen molar-refractivity contribution in [2.24, 2.45) is 0 Å². The maximum absolute atomic E-state index is 11.3. The summed E-state index contributed by atoms with van der Waals surface area (Å²) in [7, 11) is 0. The molecular weight excluding hydrogens is 314 g/mol. The number of aliphatic hydroxyl groups excluding tert-OH is 1. The molecule has 23 heavy (non-hydrogen) atoms. The Morgan fingerprint density at radius 3 is 2.43 bits per heavy atom. The molecule has 3 aromatic rings. The Morgan fingerprint density at radius 2 is 1.74 bits per heavy atom.